The minimum Gasteiger partial charge on any atom is -0.356 e. The van der Waals surface area contributed by atoms with Gasteiger partial charge in [-0.25, -0.2) is 9.97 Å². The van der Waals surface area contributed by atoms with Crippen LogP contribution in [0.2, 0.25) is 0 Å². The molecule has 0 radical (unpaired) electrons. The third-order valence-corrected chi connectivity index (χ3v) is 6.15. The van der Waals surface area contributed by atoms with Gasteiger partial charge in [0, 0.05) is 72.6 Å². The van der Waals surface area contributed by atoms with Crippen LogP contribution in [0, 0.1) is 11.8 Å². The Labute approximate surface area is 160 Å². The molecular formula is C19H20BrN5O. The van der Waals surface area contributed by atoms with Crippen molar-refractivity contribution in [2.24, 2.45) is 11.8 Å². The van der Waals surface area contributed by atoms with E-state index in [1.165, 1.54) is 18.5 Å². The molecule has 134 valence electrons. The van der Waals surface area contributed by atoms with Crippen molar-refractivity contribution >= 4 is 27.7 Å². The summed E-state index contributed by atoms with van der Waals surface area (Å²) in [6.45, 7) is 3.55. The van der Waals surface area contributed by atoms with Gasteiger partial charge in [-0.3, -0.25) is 9.78 Å². The summed E-state index contributed by atoms with van der Waals surface area (Å²) in [6, 6.07) is 4.00. The van der Waals surface area contributed by atoms with Crippen molar-refractivity contribution < 1.29 is 4.79 Å². The number of nitrogens with zero attached hydrogens (tertiary/aromatic N) is 5. The number of rotatable bonds is 3. The molecule has 2 saturated heterocycles. The molecule has 7 heteroatoms. The van der Waals surface area contributed by atoms with Crippen molar-refractivity contribution in [2.75, 3.05) is 31.1 Å². The number of amides is 1. The number of hydrogen-bond acceptors (Lipinski definition) is 5. The van der Waals surface area contributed by atoms with Gasteiger partial charge in [-0.2, -0.15) is 0 Å². The molecule has 0 N–H and O–H groups in total. The summed E-state index contributed by atoms with van der Waals surface area (Å²) in [5, 5.41) is 0. The first kappa shape index (κ1) is 16.2. The number of anilines is 1. The van der Waals surface area contributed by atoms with E-state index in [-0.39, 0.29) is 5.91 Å². The number of pyridine rings is 1. The topological polar surface area (TPSA) is 62.2 Å². The summed E-state index contributed by atoms with van der Waals surface area (Å²) >= 11 is 3.39. The van der Waals surface area contributed by atoms with E-state index in [1.807, 2.05) is 11.0 Å². The van der Waals surface area contributed by atoms with E-state index in [1.54, 1.807) is 18.7 Å². The first-order chi connectivity index (χ1) is 12.7. The molecule has 1 amide bonds. The van der Waals surface area contributed by atoms with Gasteiger partial charge in [0.25, 0.3) is 5.91 Å². The zero-order chi connectivity index (χ0) is 17.7. The van der Waals surface area contributed by atoms with Gasteiger partial charge in [-0.1, -0.05) is 0 Å². The smallest absolute Gasteiger partial charge is 0.255 e. The normalized spacial score (nSPS) is 24.8. The molecule has 0 bridgehead atoms. The lowest BCUT2D eigenvalue weighted by molar-refractivity contribution is 0.0782. The predicted octanol–water partition coefficient (Wildman–Crippen LogP) is 2.72. The molecule has 6 nitrogen and oxygen atoms in total. The van der Waals surface area contributed by atoms with Crippen LogP contribution < -0.4 is 4.90 Å². The SMILES string of the molecule is O=C(c1cncc(Br)c1)N1CC2CN(c3cc(C4CC4)ncn3)CC2C1. The third kappa shape index (κ3) is 2.98. The summed E-state index contributed by atoms with van der Waals surface area (Å²) in [6.07, 6.45) is 7.55. The molecule has 3 aliphatic rings. The first-order valence-corrected chi connectivity index (χ1v) is 9.93. The fourth-order valence-corrected chi connectivity index (χ4v) is 4.56. The second-order valence-electron chi connectivity index (χ2n) is 7.60. The van der Waals surface area contributed by atoms with Gasteiger partial charge in [0.05, 0.1) is 5.56 Å². The van der Waals surface area contributed by atoms with Crippen molar-refractivity contribution in [1.29, 1.82) is 0 Å². The average molecular weight is 414 g/mol. The van der Waals surface area contributed by atoms with Crippen LogP contribution in [-0.4, -0.2) is 51.9 Å². The Morgan fingerprint density at radius 2 is 1.81 bits per heavy atom. The standard InChI is InChI=1S/C19H20BrN5O/c20-16-3-13(5-21-6-16)19(26)25-9-14-7-24(8-15(14)10-25)18-4-17(12-1-2-12)22-11-23-18/h3-6,11-12,14-15H,1-2,7-10H2. The lowest BCUT2D eigenvalue weighted by Crippen LogP contribution is -2.33. The molecule has 2 aromatic heterocycles. The maximum Gasteiger partial charge on any atom is 0.255 e. The second-order valence-corrected chi connectivity index (χ2v) is 8.52. The molecule has 26 heavy (non-hydrogen) atoms. The summed E-state index contributed by atoms with van der Waals surface area (Å²) in [4.78, 5) is 30.1. The van der Waals surface area contributed by atoms with Crippen molar-refractivity contribution in [1.82, 2.24) is 19.9 Å². The molecule has 0 aromatic carbocycles. The molecule has 5 rings (SSSR count). The summed E-state index contributed by atoms with van der Waals surface area (Å²) in [7, 11) is 0. The van der Waals surface area contributed by atoms with Crippen molar-refractivity contribution in [3.05, 3.63) is 46.6 Å². The molecule has 1 aliphatic carbocycles. The largest absolute Gasteiger partial charge is 0.356 e. The Morgan fingerprint density at radius 3 is 2.50 bits per heavy atom. The van der Waals surface area contributed by atoms with E-state index in [0.29, 0.717) is 23.3 Å². The molecule has 3 fully saturated rings. The van der Waals surface area contributed by atoms with E-state index < -0.39 is 0 Å². The molecule has 2 atom stereocenters. The van der Waals surface area contributed by atoms with E-state index in [2.05, 4.69) is 41.8 Å². The highest BCUT2D eigenvalue weighted by Crippen LogP contribution is 2.40. The van der Waals surface area contributed by atoms with Crippen molar-refractivity contribution in [3.8, 4) is 0 Å². The molecule has 4 heterocycles. The maximum absolute atomic E-state index is 12.7. The number of likely N-dealkylation sites (tertiary alicyclic amines) is 1. The monoisotopic (exact) mass is 413 g/mol. The van der Waals surface area contributed by atoms with Crippen LogP contribution in [0.1, 0.15) is 34.8 Å². The highest BCUT2D eigenvalue weighted by Gasteiger charge is 2.42. The first-order valence-electron chi connectivity index (χ1n) is 9.14. The molecule has 2 unspecified atom stereocenters. The number of carbonyl (C=O) groups excluding carboxylic acids is 1. The van der Waals surface area contributed by atoms with Gasteiger partial charge < -0.3 is 9.80 Å². The number of fused-ring (bicyclic) bond motifs is 1. The minimum absolute atomic E-state index is 0.0813. The zero-order valence-corrected chi connectivity index (χ0v) is 16.0. The summed E-state index contributed by atoms with van der Waals surface area (Å²) < 4.78 is 0.837. The quantitative estimate of drug-likeness (QED) is 0.773. The number of carbonyl (C=O) groups is 1. The third-order valence-electron chi connectivity index (χ3n) is 5.72. The van der Waals surface area contributed by atoms with Crippen LogP contribution in [0.25, 0.3) is 0 Å². The lowest BCUT2D eigenvalue weighted by atomic mass is 10.0. The van der Waals surface area contributed by atoms with Gasteiger partial charge >= 0.3 is 0 Å². The van der Waals surface area contributed by atoms with Crippen LogP contribution in [0.3, 0.4) is 0 Å². The van der Waals surface area contributed by atoms with Crippen LogP contribution >= 0.6 is 15.9 Å². The van der Waals surface area contributed by atoms with Crippen molar-refractivity contribution in [3.63, 3.8) is 0 Å². The van der Waals surface area contributed by atoms with E-state index in [0.717, 1.165) is 36.5 Å². The Bertz CT molecular complexity index is 841. The molecule has 2 aromatic rings. The molecule has 2 aliphatic heterocycles. The minimum atomic E-state index is 0.0813. The van der Waals surface area contributed by atoms with Gasteiger partial charge in [0.2, 0.25) is 0 Å². The van der Waals surface area contributed by atoms with E-state index >= 15 is 0 Å². The highest BCUT2D eigenvalue weighted by molar-refractivity contribution is 9.10. The molecule has 1 saturated carbocycles. The summed E-state index contributed by atoms with van der Waals surface area (Å²) in [5.74, 6) is 2.80. The van der Waals surface area contributed by atoms with Crippen LogP contribution in [0.15, 0.2) is 35.3 Å². The Balaban J connectivity index is 1.26. The number of hydrogen-bond donors (Lipinski definition) is 0. The van der Waals surface area contributed by atoms with Gasteiger partial charge in [0.15, 0.2) is 0 Å². The van der Waals surface area contributed by atoms with Gasteiger partial charge in [-0.05, 0) is 34.8 Å². The Morgan fingerprint density at radius 1 is 1.04 bits per heavy atom. The lowest BCUT2D eigenvalue weighted by Gasteiger charge is -2.22. The number of aromatic nitrogens is 3. The Hall–Kier alpha value is -2.02. The molecular weight excluding hydrogens is 394 g/mol. The van der Waals surface area contributed by atoms with E-state index in [9.17, 15) is 4.79 Å². The zero-order valence-electron chi connectivity index (χ0n) is 14.4. The maximum atomic E-state index is 12.7. The van der Waals surface area contributed by atoms with Gasteiger partial charge in [-0.15, -0.1) is 0 Å². The van der Waals surface area contributed by atoms with E-state index in [4.69, 9.17) is 0 Å². The van der Waals surface area contributed by atoms with Crippen LogP contribution in [0.5, 0.6) is 0 Å². The van der Waals surface area contributed by atoms with Gasteiger partial charge in [0.1, 0.15) is 12.1 Å². The fourth-order valence-electron chi connectivity index (χ4n) is 4.19. The molecule has 0 spiro atoms. The summed E-state index contributed by atoms with van der Waals surface area (Å²) in [5.41, 5.74) is 1.84. The second kappa shape index (κ2) is 6.30. The van der Waals surface area contributed by atoms with Crippen molar-refractivity contribution in [2.45, 2.75) is 18.8 Å². The predicted molar refractivity (Wildman–Crippen MR) is 101 cm³/mol. The van der Waals surface area contributed by atoms with Crippen LogP contribution in [-0.2, 0) is 0 Å². The number of halogens is 1. The fraction of sp³-hybridized carbons (Fsp3) is 0.474. The highest BCUT2D eigenvalue weighted by atomic mass is 79.9. The average Bonchev–Trinajstić information content (AvgIpc) is 3.31. The van der Waals surface area contributed by atoms with Crippen LogP contribution in [0.4, 0.5) is 5.82 Å². The Kier molecular flexibility index (Phi) is 3.92.